The summed E-state index contributed by atoms with van der Waals surface area (Å²) in [6.07, 6.45) is 4.14. The van der Waals surface area contributed by atoms with Gasteiger partial charge in [-0.2, -0.15) is 0 Å². The molecular formula is C13H21NO4. The summed E-state index contributed by atoms with van der Waals surface area (Å²) in [5.74, 6) is -1.63. The van der Waals surface area contributed by atoms with E-state index in [9.17, 15) is 14.4 Å². The van der Waals surface area contributed by atoms with Crippen molar-refractivity contribution in [2.75, 3.05) is 6.54 Å². The van der Waals surface area contributed by atoms with Crippen LogP contribution in [0.2, 0.25) is 0 Å². The summed E-state index contributed by atoms with van der Waals surface area (Å²) in [5.41, 5.74) is 0. The van der Waals surface area contributed by atoms with Gasteiger partial charge in [0.05, 0.1) is 0 Å². The van der Waals surface area contributed by atoms with E-state index in [1.165, 1.54) is 0 Å². The van der Waals surface area contributed by atoms with Crippen LogP contribution < -0.4 is 0 Å². The van der Waals surface area contributed by atoms with Crippen LogP contribution in [-0.2, 0) is 14.4 Å². The van der Waals surface area contributed by atoms with Crippen molar-refractivity contribution >= 4 is 17.7 Å². The van der Waals surface area contributed by atoms with Crippen LogP contribution in [0.3, 0.4) is 0 Å². The lowest BCUT2D eigenvalue weighted by atomic mass is 9.97. The summed E-state index contributed by atoms with van der Waals surface area (Å²) < 4.78 is 0. The van der Waals surface area contributed by atoms with Gasteiger partial charge in [-0.1, -0.05) is 6.92 Å². The number of carbonyl (C=O) groups is 3. The number of aliphatic carboxylic acids is 1. The van der Waals surface area contributed by atoms with Gasteiger partial charge in [0.25, 0.3) is 5.91 Å². The Morgan fingerprint density at radius 2 is 1.94 bits per heavy atom. The lowest BCUT2D eigenvalue weighted by Crippen LogP contribution is -2.46. The molecule has 18 heavy (non-hydrogen) atoms. The minimum atomic E-state index is -0.854. The second-order valence-electron chi connectivity index (χ2n) is 4.75. The Bertz CT molecular complexity index is 327. The first-order chi connectivity index (χ1) is 8.56. The third-order valence-electron chi connectivity index (χ3n) is 3.30. The highest BCUT2D eigenvalue weighted by Gasteiger charge is 2.30. The van der Waals surface area contributed by atoms with Gasteiger partial charge in [0.2, 0.25) is 5.78 Å². The average molecular weight is 255 g/mol. The van der Waals surface area contributed by atoms with E-state index < -0.39 is 11.9 Å². The molecule has 0 aromatic carbocycles. The van der Waals surface area contributed by atoms with Crippen molar-refractivity contribution < 1.29 is 19.5 Å². The molecule has 1 aliphatic rings. The molecule has 0 spiro atoms. The summed E-state index contributed by atoms with van der Waals surface area (Å²) in [5, 5.41) is 8.69. The second kappa shape index (κ2) is 7.13. The highest BCUT2D eigenvalue weighted by atomic mass is 16.4. The Balaban J connectivity index is 2.60. The van der Waals surface area contributed by atoms with Gasteiger partial charge in [-0.3, -0.25) is 14.4 Å². The number of carbonyl (C=O) groups excluding carboxylic acids is 2. The number of amides is 1. The van der Waals surface area contributed by atoms with Crippen LogP contribution in [0.4, 0.5) is 0 Å². The number of piperidine rings is 1. The summed E-state index contributed by atoms with van der Waals surface area (Å²) in [4.78, 5) is 35.8. The van der Waals surface area contributed by atoms with Crippen molar-refractivity contribution in [1.29, 1.82) is 0 Å². The van der Waals surface area contributed by atoms with E-state index >= 15 is 0 Å². The van der Waals surface area contributed by atoms with Crippen LogP contribution >= 0.6 is 0 Å². The quantitative estimate of drug-likeness (QED) is 0.731. The van der Waals surface area contributed by atoms with Crippen LogP contribution in [-0.4, -0.2) is 40.3 Å². The topological polar surface area (TPSA) is 74.7 Å². The number of carboxylic acid groups (broad SMARTS) is 1. The van der Waals surface area contributed by atoms with Gasteiger partial charge < -0.3 is 10.0 Å². The summed E-state index contributed by atoms with van der Waals surface area (Å²) in [6.45, 7) is 2.45. The van der Waals surface area contributed by atoms with Crippen LogP contribution in [0.15, 0.2) is 0 Å². The minimum Gasteiger partial charge on any atom is -0.481 e. The monoisotopic (exact) mass is 255 g/mol. The number of nitrogens with zero attached hydrogens (tertiary/aromatic N) is 1. The average Bonchev–Trinajstić information content (AvgIpc) is 2.36. The first-order valence-corrected chi connectivity index (χ1v) is 6.61. The molecule has 1 amide bonds. The summed E-state index contributed by atoms with van der Waals surface area (Å²) in [7, 11) is 0. The molecule has 1 atom stereocenters. The first kappa shape index (κ1) is 14.7. The number of Topliss-reactive ketones (excluding diaryl/α,β-unsaturated/α-hetero) is 1. The maximum Gasteiger partial charge on any atom is 0.303 e. The Kier molecular flexibility index (Phi) is 5.82. The molecule has 0 aromatic heterocycles. The highest BCUT2D eigenvalue weighted by Crippen LogP contribution is 2.21. The van der Waals surface area contributed by atoms with Crippen molar-refractivity contribution in [3.8, 4) is 0 Å². The number of carboxylic acids is 1. The number of likely N-dealkylation sites (tertiary alicyclic amines) is 1. The molecule has 0 aromatic rings. The molecule has 0 saturated carbocycles. The third kappa shape index (κ3) is 4.13. The van der Waals surface area contributed by atoms with Crippen molar-refractivity contribution in [3.05, 3.63) is 0 Å². The lowest BCUT2D eigenvalue weighted by molar-refractivity contribution is -0.148. The standard InChI is InChI=1S/C13H21NO4/c1-2-5-11(15)13(18)14-9-4-3-6-10(14)7-8-12(16)17/h10H,2-9H2,1H3,(H,16,17)/t10-/m0/s1. The maximum absolute atomic E-state index is 12.0. The van der Waals surface area contributed by atoms with Crippen LogP contribution in [0.25, 0.3) is 0 Å². The largest absolute Gasteiger partial charge is 0.481 e. The molecule has 102 valence electrons. The van der Waals surface area contributed by atoms with E-state index in [0.717, 1.165) is 19.3 Å². The van der Waals surface area contributed by atoms with E-state index in [1.54, 1.807) is 4.90 Å². The fourth-order valence-electron chi connectivity index (χ4n) is 2.35. The van der Waals surface area contributed by atoms with Gasteiger partial charge in [-0.25, -0.2) is 0 Å². The van der Waals surface area contributed by atoms with Gasteiger partial charge >= 0.3 is 5.97 Å². The second-order valence-corrected chi connectivity index (χ2v) is 4.75. The first-order valence-electron chi connectivity index (χ1n) is 6.61. The van der Waals surface area contributed by atoms with Gasteiger partial charge in [-0.15, -0.1) is 0 Å². The summed E-state index contributed by atoms with van der Waals surface area (Å²) in [6, 6.07) is -0.0804. The third-order valence-corrected chi connectivity index (χ3v) is 3.30. The number of rotatable bonds is 6. The molecule has 1 N–H and O–H groups in total. The smallest absolute Gasteiger partial charge is 0.303 e. The van der Waals surface area contributed by atoms with Crippen LogP contribution in [0, 0.1) is 0 Å². The Morgan fingerprint density at radius 3 is 2.56 bits per heavy atom. The lowest BCUT2D eigenvalue weighted by Gasteiger charge is -2.35. The van der Waals surface area contributed by atoms with Gasteiger partial charge in [0, 0.05) is 25.4 Å². The maximum atomic E-state index is 12.0. The molecule has 1 heterocycles. The number of ketones is 1. The van der Waals surface area contributed by atoms with E-state index in [2.05, 4.69) is 0 Å². The van der Waals surface area contributed by atoms with Gasteiger partial charge in [-0.05, 0) is 32.1 Å². The fourth-order valence-corrected chi connectivity index (χ4v) is 2.35. The van der Waals surface area contributed by atoms with Crippen LogP contribution in [0.5, 0.6) is 0 Å². The molecule has 1 rings (SSSR count). The molecule has 1 fully saturated rings. The van der Waals surface area contributed by atoms with Crippen molar-refractivity contribution in [1.82, 2.24) is 4.90 Å². The normalized spacial score (nSPS) is 19.6. The molecule has 0 radical (unpaired) electrons. The predicted octanol–water partition coefficient (Wildman–Crippen LogP) is 1.60. The molecule has 1 saturated heterocycles. The van der Waals surface area contributed by atoms with E-state index in [1.807, 2.05) is 6.92 Å². The molecule has 5 heteroatoms. The van der Waals surface area contributed by atoms with Crippen molar-refractivity contribution in [2.24, 2.45) is 0 Å². The Hall–Kier alpha value is -1.39. The molecule has 1 aliphatic heterocycles. The molecule has 0 bridgehead atoms. The fraction of sp³-hybridized carbons (Fsp3) is 0.769. The molecule has 5 nitrogen and oxygen atoms in total. The minimum absolute atomic E-state index is 0.0520. The highest BCUT2D eigenvalue weighted by molar-refractivity contribution is 6.36. The SMILES string of the molecule is CCCC(=O)C(=O)N1CCCC[C@H]1CCC(=O)O. The Labute approximate surface area is 107 Å². The van der Waals surface area contributed by atoms with Gasteiger partial charge in [0.1, 0.15) is 0 Å². The van der Waals surface area contributed by atoms with E-state index in [4.69, 9.17) is 5.11 Å². The van der Waals surface area contributed by atoms with Crippen LogP contribution in [0.1, 0.15) is 51.9 Å². The number of hydrogen-bond donors (Lipinski definition) is 1. The predicted molar refractivity (Wildman–Crippen MR) is 66.1 cm³/mol. The van der Waals surface area contributed by atoms with Crippen molar-refractivity contribution in [3.63, 3.8) is 0 Å². The summed E-state index contributed by atoms with van der Waals surface area (Å²) >= 11 is 0. The van der Waals surface area contributed by atoms with E-state index in [0.29, 0.717) is 19.4 Å². The zero-order valence-corrected chi connectivity index (χ0v) is 10.9. The Morgan fingerprint density at radius 1 is 1.22 bits per heavy atom. The van der Waals surface area contributed by atoms with Gasteiger partial charge in [0.15, 0.2) is 0 Å². The van der Waals surface area contributed by atoms with Crippen molar-refractivity contribution in [2.45, 2.75) is 57.9 Å². The number of hydrogen-bond acceptors (Lipinski definition) is 3. The molecule has 0 aliphatic carbocycles. The molecule has 0 unspecified atom stereocenters. The molecular weight excluding hydrogens is 234 g/mol. The zero-order chi connectivity index (χ0) is 13.5. The van der Waals surface area contributed by atoms with E-state index in [-0.39, 0.29) is 24.7 Å². The zero-order valence-electron chi connectivity index (χ0n) is 10.9.